The molecule has 1 amide bonds. The Balaban J connectivity index is 1.91. The quantitative estimate of drug-likeness (QED) is 0.544. The summed E-state index contributed by atoms with van der Waals surface area (Å²) in [5.41, 5.74) is -0.502. The van der Waals surface area contributed by atoms with Crippen LogP contribution in [0.3, 0.4) is 0 Å². The fourth-order valence-electron chi connectivity index (χ4n) is 4.34. The van der Waals surface area contributed by atoms with Crippen LogP contribution < -0.4 is 4.90 Å². The second-order valence-corrected chi connectivity index (χ2v) is 8.09. The Morgan fingerprint density at radius 3 is 2.69 bits per heavy atom. The topological polar surface area (TPSA) is 83.2 Å². The highest BCUT2D eigenvalue weighted by Crippen LogP contribution is 2.49. The van der Waals surface area contributed by atoms with Crippen molar-refractivity contribution in [3.05, 3.63) is 64.4 Å². The summed E-state index contributed by atoms with van der Waals surface area (Å²) in [6, 6.07) is 9.99. The monoisotopic (exact) mass is 456 g/mol. The van der Waals surface area contributed by atoms with Crippen molar-refractivity contribution in [3.8, 4) is 0 Å². The van der Waals surface area contributed by atoms with E-state index in [2.05, 4.69) is 4.90 Å². The molecule has 7 nitrogen and oxygen atoms in total. The van der Waals surface area contributed by atoms with Gasteiger partial charge in [0.1, 0.15) is 5.58 Å². The molecule has 0 saturated heterocycles. The van der Waals surface area contributed by atoms with E-state index in [0.717, 1.165) is 18.5 Å². The number of halogens is 1. The number of furan rings is 1. The molecule has 0 radical (unpaired) electrons. The molecule has 0 spiro atoms. The van der Waals surface area contributed by atoms with Gasteiger partial charge < -0.3 is 24.1 Å². The smallest absolute Gasteiger partial charge is 0.337 e. The molecule has 3 aromatic rings. The molecule has 2 heterocycles. The van der Waals surface area contributed by atoms with Gasteiger partial charge in [-0.05, 0) is 31.3 Å². The number of fused-ring (bicyclic) bond motifs is 2. The van der Waals surface area contributed by atoms with Gasteiger partial charge in [-0.25, -0.2) is 4.79 Å². The number of carbonyl (C=O) groups is 2. The first kappa shape index (κ1) is 22.3. The number of amides is 1. The number of para-hydroxylation sites is 1. The van der Waals surface area contributed by atoms with Crippen molar-refractivity contribution in [1.82, 2.24) is 4.90 Å². The Kier molecular flexibility index (Phi) is 5.99. The number of likely N-dealkylation sites (N-methyl/N-ethyl adjacent to an activating group) is 1. The Bertz CT molecular complexity index is 1190. The summed E-state index contributed by atoms with van der Waals surface area (Å²) < 4.78 is 10.5. The zero-order chi connectivity index (χ0) is 23.0. The van der Waals surface area contributed by atoms with Crippen LogP contribution in [-0.2, 0) is 15.1 Å². The normalized spacial score (nSPS) is 17.9. The SMILES string of the molecule is CCN(CC)CCN1C(=O)C(O)(c2cccc3ccoc23)c2c(Cl)cc(C(=O)OC)cc21. The Morgan fingerprint density at radius 1 is 1.25 bits per heavy atom. The zero-order valence-corrected chi connectivity index (χ0v) is 19.0. The van der Waals surface area contributed by atoms with E-state index >= 15 is 0 Å². The first-order chi connectivity index (χ1) is 15.4. The molecule has 0 saturated carbocycles. The van der Waals surface area contributed by atoms with Gasteiger partial charge in [0.25, 0.3) is 5.91 Å². The van der Waals surface area contributed by atoms with E-state index in [0.29, 0.717) is 29.9 Å². The number of carbonyl (C=O) groups excluding carboxylic acids is 2. The number of hydrogen-bond acceptors (Lipinski definition) is 6. The number of aliphatic hydroxyl groups is 1. The van der Waals surface area contributed by atoms with E-state index in [4.69, 9.17) is 20.8 Å². The highest BCUT2D eigenvalue weighted by Gasteiger charge is 2.54. The fourth-order valence-corrected chi connectivity index (χ4v) is 4.69. The number of ether oxygens (including phenoxy) is 1. The van der Waals surface area contributed by atoms with Gasteiger partial charge in [0.15, 0.2) is 0 Å². The molecule has 1 aliphatic rings. The van der Waals surface area contributed by atoms with Crippen LogP contribution in [0.2, 0.25) is 5.02 Å². The molecule has 8 heteroatoms. The fraction of sp³-hybridized carbons (Fsp3) is 0.333. The second kappa shape index (κ2) is 8.58. The van der Waals surface area contributed by atoms with Crippen molar-refractivity contribution in [2.24, 2.45) is 0 Å². The molecule has 168 valence electrons. The third-order valence-electron chi connectivity index (χ3n) is 6.10. The van der Waals surface area contributed by atoms with Crippen molar-refractivity contribution in [1.29, 1.82) is 0 Å². The van der Waals surface area contributed by atoms with Gasteiger partial charge in [-0.3, -0.25) is 4.79 Å². The molecular weight excluding hydrogens is 432 g/mol. The molecule has 1 atom stereocenters. The molecule has 32 heavy (non-hydrogen) atoms. The summed E-state index contributed by atoms with van der Waals surface area (Å²) in [5.74, 6) is -1.11. The maximum atomic E-state index is 13.8. The summed E-state index contributed by atoms with van der Waals surface area (Å²) in [4.78, 5) is 29.7. The van der Waals surface area contributed by atoms with Crippen molar-refractivity contribution in [3.63, 3.8) is 0 Å². The molecule has 1 unspecified atom stereocenters. The van der Waals surface area contributed by atoms with Gasteiger partial charge in [0.2, 0.25) is 5.60 Å². The van der Waals surface area contributed by atoms with Gasteiger partial charge in [-0.1, -0.05) is 43.6 Å². The summed E-state index contributed by atoms with van der Waals surface area (Å²) in [6.07, 6.45) is 1.51. The first-order valence-electron chi connectivity index (χ1n) is 10.5. The van der Waals surface area contributed by atoms with Crippen LogP contribution in [0.5, 0.6) is 0 Å². The molecule has 0 bridgehead atoms. The second-order valence-electron chi connectivity index (χ2n) is 7.68. The highest BCUT2D eigenvalue weighted by atomic mass is 35.5. The Labute approximate surface area is 191 Å². The molecule has 4 rings (SSSR count). The maximum Gasteiger partial charge on any atom is 0.337 e. The molecular formula is C24H25ClN2O5. The van der Waals surface area contributed by atoms with E-state index in [-0.39, 0.29) is 16.1 Å². The summed E-state index contributed by atoms with van der Waals surface area (Å²) in [5, 5.41) is 12.8. The van der Waals surface area contributed by atoms with Crippen molar-refractivity contribution < 1.29 is 23.8 Å². The highest BCUT2D eigenvalue weighted by molar-refractivity contribution is 6.34. The number of esters is 1. The molecule has 1 N–H and O–H groups in total. The number of anilines is 1. The van der Waals surface area contributed by atoms with Crippen molar-refractivity contribution in [2.75, 3.05) is 38.2 Å². The lowest BCUT2D eigenvalue weighted by Crippen LogP contribution is -2.44. The van der Waals surface area contributed by atoms with E-state index < -0.39 is 17.5 Å². The predicted octanol–water partition coefficient (Wildman–Crippen LogP) is 3.80. The third-order valence-corrected chi connectivity index (χ3v) is 6.40. The molecule has 0 fully saturated rings. The number of nitrogens with zero attached hydrogens (tertiary/aromatic N) is 2. The van der Waals surface area contributed by atoms with Crippen LogP contribution in [0.15, 0.2) is 47.1 Å². The van der Waals surface area contributed by atoms with Gasteiger partial charge in [0, 0.05) is 29.6 Å². The minimum Gasteiger partial charge on any atom is -0.465 e. The van der Waals surface area contributed by atoms with Gasteiger partial charge in [0.05, 0.1) is 29.6 Å². The average Bonchev–Trinajstić information content (AvgIpc) is 3.36. The number of methoxy groups -OCH3 is 1. The number of hydrogen-bond donors (Lipinski definition) is 1. The van der Waals surface area contributed by atoms with Gasteiger partial charge in [-0.2, -0.15) is 0 Å². The molecule has 1 aromatic heterocycles. The zero-order valence-electron chi connectivity index (χ0n) is 18.2. The predicted molar refractivity (Wildman–Crippen MR) is 122 cm³/mol. The minimum atomic E-state index is -2.05. The average molecular weight is 457 g/mol. The Morgan fingerprint density at radius 2 is 2.00 bits per heavy atom. The summed E-state index contributed by atoms with van der Waals surface area (Å²) in [7, 11) is 1.28. The van der Waals surface area contributed by atoms with Crippen LogP contribution >= 0.6 is 11.6 Å². The number of benzene rings is 2. The number of rotatable bonds is 7. The van der Waals surface area contributed by atoms with Crippen LogP contribution in [0.4, 0.5) is 5.69 Å². The van der Waals surface area contributed by atoms with E-state index in [1.54, 1.807) is 24.3 Å². The van der Waals surface area contributed by atoms with Crippen molar-refractivity contribution >= 4 is 40.1 Å². The van der Waals surface area contributed by atoms with Crippen LogP contribution in [0.25, 0.3) is 11.0 Å². The molecule has 0 aliphatic carbocycles. The van der Waals surface area contributed by atoms with E-state index in [9.17, 15) is 14.7 Å². The van der Waals surface area contributed by atoms with Crippen molar-refractivity contribution in [2.45, 2.75) is 19.4 Å². The van der Waals surface area contributed by atoms with Crippen LogP contribution in [0.1, 0.15) is 35.3 Å². The largest absolute Gasteiger partial charge is 0.465 e. The van der Waals surface area contributed by atoms with Crippen LogP contribution in [-0.4, -0.2) is 55.2 Å². The third kappa shape index (κ3) is 3.37. The minimum absolute atomic E-state index is 0.104. The lowest BCUT2D eigenvalue weighted by atomic mass is 9.86. The summed E-state index contributed by atoms with van der Waals surface area (Å²) in [6.45, 7) is 6.66. The first-order valence-corrected chi connectivity index (χ1v) is 10.9. The molecule has 2 aromatic carbocycles. The van der Waals surface area contributed by atoms with E-state index in [1.165, 1.54) is 24.3 Å². The lowest BCUT2D eigenvalue weighted by molar-refractivity contribution is -0.132. The van der Waals surface area contributed by atoms with Gasteiger partial charge in [-0.15, -0.1) is 0 Å². The maximum absolute atomic E-state index is 13.8. The lowest BCUT2D eigenvalue weighted by Gasteiger charge is -2.26. The summed E-state index contributed by atoms with van der Waals surface area (Å²) >= 11 is 6.60. The Hall–Kier alpha value is -2.87. The van der Waals surface area contributed by atoms with Crippen LogP contribution in [0, 0.1) is 0 Å². The standard InChI is InChI=1S/C24H25ClN2O5/c1-4-26(5-2)10-11-27-19-14-16(22(28)31-3)13-18(25)20(19)24(30,23(27)29)17-8-6-7-15-9-12-32-21(15)17/h6-9,12-14,30H,4-5,10-11H2,1-3H3. The van der Waals surface area contributed by atoms with E-state index in [1.807, 2.05) is 19.9 Å². The van der Waals surface area contributed by atoms with Gasteiger partial charge >= 0.3 is 5.97 Å². The molecule has 1 aliphatic heterocycles.